The van der Waals surface area contributed by atoms with Gasteiger partial charge in [-0.3, -0.25) is 9.78 Å². The van der Waals surface area contributed by atoms with E-state index >= 15 is 0 Å². The van der Waals surface area contributed by atoms with Crippen molar-refractivity contribution < 1.29 is 4.79 Å². The standard InChI is InChI=1S/C15H16N2O/c1-2-13-5-3-4-6-14(13)17-15(18)11-12-7-9-16-10-8-12/h3-10H,2,11H2,1H3,(H,17,18). The predicted octanol–water partition coefficient (Wildman–Crippen LogP) is 2.83. The van der Waals surface area contributed by atoms with E-state index in [2.05, 4.69) is 17.2 Å². The fraction of sp³-hybridized carbons (Fsp3) is 0.200. The second kappa shape index (κ2) is 5.96. The third-order valence-electron chi connectivity index (χ3n) is 2.79. The van der Waals surface area contributed by atoms with Crippen molar-refractivity contribution in [1.29, 1.82) is 0 Å². The maximum absolute atomic E-state index is 11.9. The van der Waals surface area contributed by atoms with Crippen LogP contribution in [-0.2, 0) is 17.6 Å². The highest BCUT2D eigenvalue weighted by atomic mass is 16.1. The van der Waals surface area contributed by atoms with Crippen LogP contribution in [0.15, 0.2) is 48.8 Å². The Bertz CT molecular complexity index is 523. The number of carbonyl (C=O) groups excluding carboxylic acids is 1. The lowest BCUT2D eigenvalue weighted by molar-refractivity contribution is -0.115. The molecule has 1 N–H and O–H groups in total. The molecule has 0 spiro atoms. The van der Waals surface area contributed by atoms with Crippen LogP contribution in [0.5, 0.6) is 0 Å². The van der Waals surface area contributed by atoms with E-state index < -0.39 is 0 Å². The third kappa shape index (κ3) is 3.17. The summed E-state index contributed by atoms with van der Waals surface area (Å²) in [5.41, 5.74) is 3.02. The molecule has 3 heteroatoms. The molecule has 1 amide bonds. The summed E-state index contributed by atoms with van der Waals surface area (Å²) in [6.45, 7) is 2.08. The molecule has 0 atom stereocenters. The number of aryl methyl sites for hydroxylation is 1. The normalized spacial score (nSPS) is 10.1. The van der Waals surface area contributed by atoms with E-state index in [0.717, 1.165) is 23.2 Å². The summed E-state index contributed by atoms with van der Waals surface area (Å²) in [4.78, 5) is 15.9. The minimum absolute atomic E-state index is 0.00194. The third-order valence-corrected chi connectivity index (χ3v) is 2.79. The highest BCUT2D eigenvalue weighted by Gasteiger charge is 2.06. The number of carbonyl (C=O) groups is 1. The number of hydrogen-bond donors (Lipinski definition) is 1. The first-order valence-corrected chi connectivity index (χ1v) is 6.06. The largest absolute Gasteiger partial charge is 0.326 e. The Morgan fingerprint density at radius 2 is 1.89 bits per heavy atom. The van der Waals surface area contributed by atoms with Gasteiger partial charge in [-0.2, -0.15) is 0 Å². The summed E-state index contributed by atoms with van der Waals surface area (Å²) in [5.74, 6) is 0.00194. The van der Waals surface area contributed by atoms with E-state index in [1.54, 1.807) is 12.4 Å². The predicted molar refractivity (Wildman–Crippen MR) is 72.4 cm³/mol. The van der Waals surface area contributed by atoms with Crippen LogP contribution in [0.2, 0.25) is 0 Å². The quantitative estimate of drug-likeness (QED) is 0.892. The van der Waals surface area contributed by atoms with E-state index in [9.17, 15) is 4.79 Å². The van der Waals surface area contributed by atoms with Gasteiger partial charge in [0.25, 0.3) is 0 Å². The van der Waals surface area contributed by atoms with E-state index in [0.29, 0.717) is 6.42 Å². The molecule has 92 valence electrons. The van der Waals surface area contributed by atoms with Crippen LogP contribution in [0.3, 0.4) is 0 Å². The lowest BCUT2D eigenvalue weighted by Gasteiger charge is -2.09. The minimum Gasteiger partial charge on any atom is -0.326 e. The highest BCUT2D eigenvalue weighted by Crippen LogP contribution is 2.15. The fourth-order valence-corrected chi connectivity index (χ4v) is 1.83. The highest BCUT2D eigenvalue weighted by molar-refractivity contribution is 5.92. The van der Waals surface area contributed by atoms with Crippen LogP contribution in [0.25, 0.3) is 0 Å². The lowest BCUT2D eigenvalue weighted by atomic mass is 10.1. The molecule has 0 radical (unpaired) electrons. The van der Waals surface area contributed by atoms with Gasteiger partial charge in [0, 0.05) is 18.1 Å². The van der Waals surface area contributed by atoms with Crippen LogP contribution in [0.4, 0.5) is 5.69 Å². The molecule has 0 aliphatic heterocycles. The molecule has 0 saturated carbocycles. The van der Waals surface area contributed by atoms with Gasteiger partial charge in [-0.15, -0.1) is 0 Å². The monoisotopic (exact) mass is 240 g/mol. The van der Waals surface area contributed by atoms with Crippen molar-refractivity contribution in [1.82, 2.24) is 4.98 Å². The molecule has 0 unspecified atom stereocenters. The molecule has 1 aromatic carbocycles. The second-order valence-electron chi connectivity index (χ2n) is 4.09. The first-order chi connectivity index (χ1) is 8.79. The molecule has 2 aromatic rings. The number of nitrogens with one attached hydrogen (secondary N) is 1. The van der Waals surface area contributed by atoms with Crippen molar-refractivity contribution in [3.63, 3.8) is 0 Å². The zero-order chi connectivity index (χ0) is 12.8. The molecule has 1 heterocycles. The van der Waals surface area contributed by atoms with Crippen molar-refractivity contribution in [2.75, 3.05) is 5.32 Å². The number of amides is 1. The number of pyridine rings is 1. The molecule has 1 aromatic heterocycles. The van der Waals surface area contributed by atoms with Gasteiger partial charge in [-0.05, 0) is 35.7 Å². The van der Waals surface area contributed by atoms with Crippen LogP contribution in [0.1, 0.15) is 18.1 Å². The molecule has 0 aliphatic carbocycles. The number of aromatic nitrogens is 1. The molecule has 0 bridgehead atoms. The molecule has 0 saturated heterocycles. The van der Waals surface area contributed by atoms with Crippen molar-refractivity contribution in [2.45, 2.75) is 19.8 Å². The summed E-state index contributed by atoms with van der Waals surface area (Å²) in [6.07, 6.45) is 4.68. The Morgan fingerprint density at radius 1 is 1.17 bits per heavy atom. The zero-order valence-corrected chi connectivity index (χ0v) is 10.4. The molecule has 0 fully saturated rings. The number of anilines is 1. The number of para-hydroxylation sites is 1. The first-order valence-electron chi connectivity index (χ1n) is 6.06. The Balaban J connectivity index is 2.03. The van der Waals surface area contributed by atoms with E-state index in [1.165, 1.54) is 0 Å². The van der Waals surface area contributed by atoms with Crippen LogP contribution in [0, 0.1) is 0 Å². The summed E-state index contributed by atoms with van der Waals surface area (Å²) in [5, 5.41) is 2.95. The molecular formula is C15H16N2O. The van der Waals surface area contributed by atoms with Crippen molar-refractivity contribution in [2.24, 2.45) is 0 Å². The average Bonchev–Trinajstić information content (AvgIpc) is 2.40. The SMILES string of the molecule is CCc1ccccc1NC(=O)Cc1ccncc1. The molecular weight excluding hydrogens is 224 g/mol. The fourth-order valence-electron chi connectivity index (χ4n) is 1.83. The Hall–Kier alpha value is -2.16. The van der Waals surface area contributed by atoms with Gasteiger partial charge in [-0.1, -0.05) is 25.1 Å². The van der Waals surface area contributed by atoms with Gasteiger partial charge in [0.15, 0.2) is 0 Å². The van der Waals surface area contributed by atoms with Crippen molar-refractivity contribution >= 4 is 11.6 Å². The van der Waals surface area contributed by atoms with Crippen molar-refractivity contribution in [3.8, 4) is 0 Å². The number of nitrogens with zero attached hydrogens (tertiary/aromatic N) is 1. The Morgan fingerprint density at radius 3 is 2.61 bits per heavy atom. The van der Waals surface area contributed by atoms with E-state index in [1.807, 2.05) is 36.4 Å². The zero-order valence-electron chi connectivity index (χ0n) is 10.4. The number of benzene rings is 1. The first kappa shape index (κ1) is 12.3. The van der Waals surface area contributed by atoms with E-state index in [-0.39, 0.29) is 5.91 Å². The molecule has 2 rings (SSSR count). The lowest BCUT2D eigenvalue weighted by Crippen LogP contribution is -2.15. The van der Waals surface area contributed by atoms with Gasteiger partial charge in [0.05, 0.1) is 6.42 Å². The molecule has 18 heavy (non-hydrogen) atoms. The van der Waals surface area contributed by atoms with Crippen LogP contribution in [-0.4, -0.2) is 10.9 Å². The Labute approximate surface area is 107 Å². The summed E-state index contributed by atoms with van der Waals surface area (Å²) in [7, 11) is 0. The summed E-state index contributed by atoms with van der Waals surface area (Å²) < 4.78 is 0. The maximum atomic E-state index is 11.9. The van der Waals surface area contributed by atoms with Gasteiger partial charge < -0.3 is 5.32 Å². The second-order valence-corrected chi connectivity index (χ2v) is 4.09. The summed E-state index contributed by atoms with van der Waals surface area (Å²) in [6, 6.07) is 11.6. The van der Waals surface area contributed by atoms with Crippen LogP contribution < -0.4 is 5.32 Å². The maximum Gasteiger partial charge on any atom is 0.228 e. The van der Waals surface area contributed by atoms with Gasteiger partial charge >= 0.3 is 0 Å². The topological polar surface area (TPSA) is 42.0 Å². The molecule has 0 aliphatic rings. The Kier molecular flexibility index (Phi) is 4.07. The number of hydrogen-bond acceptors (Lipinski definition) is 2. The van der Waals surface area contributed by atoms with Crippen LogP contribution >= 0.6 is 0 Å². The van der Waals surface area contributed by atoms with E-state index in [4.69, 9.17) is 0 Å². The van der Waals surface area contributed by atoms with Gasteiger partial charge in [0.1, 0.15) is 0 Å². The number of rotatable bonds is 4. The average molecular weight is 240 g/mol. The van der Waals surface area contributed by atoms with Crippen molar-refractivity contribution in [3.05, 3.63) is 59.9 Å². The summed E-state index contributed by atoms with van der Waals surface area (Å²) >= 11 is 0. The smallest absolute Gasteiger partial charge is 0.228 e. The molecule has 3 nitrogen and oxygen atoms in total. The van der Waals surface area contributed by atoms with Gasteiger partial charge in [-0.25, -0.2) is 0 Å². The van der Waals surface area contributed by atoms with Gasteiger partial charge in [0.2, 0.25) is 5.91 Å². The minimum atomic E-state index is 0.00194.